The zero-order valence-corrected chi connectivity index (χ0v) is 23.2. The predicted molar refractivity (Wildman–Crippen MR) is 136 cm³/mol. The largest absolute Gasteiger partial charge is 0.506 e. The van der Waals surface area contributed by atoms with Crippen LogP contribution in [0.2, 0.25) is 0 Å². The van der Waals surface area contributed by atoms with Crippen LogP contribution in [0.15, 0.2) is 65.5 Å². The molecule has 0 fully saturated rings. The second kappa shape index (κ2) is 9.84. The zero-order valence-electron chi connectivity index (χ0n) is 16.0. The van der Waals surface area contributed by atoms with Gasteiger partial charge in [-0.2, -0.15) is 4.21 Å². The molecule has 10 heteroatoms. The van der Waals surface area contributed by atoms with Crippen LogP contribution in [-0.2, 0) is 16.2 Å². The van der Waals surface area contributed by atoms with Crippen molar-refractivity contribution in [2.75, 3.05) is 0 Å². The van der Waals surface area contributed by atoms with E-state index in [0.29, 0.717) is 40.2 Å². The molecule has 0 saturated heterocycles. The lowest BCUT2D eigenvalue weighted by atomic mass is 9.85. The van der Waals surface area contributed by atoms with Crippen molar-refractivity contribution in [3.63, 3.8) is 0 Å². The van der Waals surface area contributed by atoms with Crippen LogP contribution in [0.25, 0.3) is 5.57 Å². The SMILES string of the molecule is CC1=C(Br)C(=O)C(Br)=CC1=C(c1ccccc1OS(=O)O)c1cc(Br)c(O)c(Br)c1C. The minimum atomic E-state index is -2.53. The average molecular weight is 698 g/mol. The fourth-order valence-corrected chi connectivity index (χ4v) is 5.71. The number of para-hydroxylation sites is 1. The third kappa shape index (κ3) is 4.84. The minimum absolute atomic E-state index is 0.0515. The maximum Gasteiger partial charge on any atom is 0.357 e. The highest BCUT2D eigenvalue weighted by atomic mass is 79.9. The van der Waals surface area contributed by atoms with Gasteiger partial charge in [-0.15, -0.1) is 0 Å². The topological polar surface area (TPSA) is 83.8 Å². The Kier molecular flexibility index (Phi) is 7.81. The molecule has 0 bridgehead atoms. The van der Waals surface area contributed by atoms with Gasteiger partial charge in [0.2, 0.25) is 5.78 Å². The number of hydrogen-bond donors (Lipinski definition) is 2. The van der Waals surface area contributed by atoms with E-state index in [2.05, 4.69) is 63.7 Å². The van der Waals surface area contributed by atoms with E-state index in [1.54, 1.807) is 43.3 Å². The molecule has 2 aromatic carbocycles. The number of phenolic OH excluding ortho intramolecular Hbond substituents is 1. The van der Waals surface area contributed by atoms with Gasteiger partial charge in [-0.05, 0) is 118 Å². The molecule has 0 spiro atoms. The Bertz CT molecular complexity index is 1230. The summed E-state index contributed by atoms with van der Waals surface area (Å²) in [7, 11) is 0. The van der Waals surface area contributed by atoms with Gasteiger partial charge >= 0.3 is 11.4 Å². The smallest absolute Gasteiger partial charge is 0.357 e. The highest BCUT2D eigenvalue weighted by Crippen LogP contribution is 2.46. The number of hydrogen-bond acceptors (Lipinski definition) is 4. The summed E-state index contributed by atoms with van der Waals surface area (Å²) in [4.78, 5) is 12.4. The van der Waals surface area contributed by atoms with Crippen LogP contribution < -0.4 is 4.18 Å². The van der Waals surface area contributed by atoms with Crippen molar-refractivity contribution in [2.24, 2.45) is 0 Å². The van der Waals surface area contributed by atoms with E-state index in [1.165, 1.54) is 0 Å². The van der Waals surface area contributed by atoms with Crippen molar-refractivity contribution in [3.05, 3.63) is 82.2 Å². The Balaban J connectivity index is 2.50. The van der Waals surface area contributed by atoms with Crippen LogP contribution in [-0.4, -0.2) is 19.7 Å². The number of carbonyl (C=O) groups is 1. The highest BCUT2D eigenvalue weighted by Gasteiger charge is 2.27. The molecule has 0 radical (unpaired) electrons. The second-order valence-electron chi connectivity index (χ2n) is 6.54. The van der Waals surface area contributed by atoms with Crippen LogP contribution in [0.3, 0.4) is 0 Å². The Morgan fingerprint density at radius 1 is 1.06 bits per heavy atom. The van der Waals surface area contributed by atoms with Crippen LogP contribution in [0.1, 0.15) is 23.6 Å². The molecule has 0 aromatic heterocycles. The van der Waals surface area contributed by atoms with Gasteiger partial charge in [0, 0.05) is 11.1 Å². The molecule has 0 amide bonds. The third-order valence-electron chi connectivity index (χ3n) is 4.72. The summed E-state index contributed by atoms with van der Waals surface area (Å²) in [6.45, 7) is 3.64. The molecule has 1 aliphatic rings. The number of ketones is 1. The van der Waals surface area contributed by atoms with Crippen molar-refractivity contribution >= 4 is 86.4 Å². The van der Waals surface area contributed by atoms with E-state index in [0.717, 1.165) is 11.1 Å². The monoisotopic (exact) mass is 694 g/mol. The molecular formula is C21H14Br4O5S. The standard InChI is InChI=1S/C21H14Br4O5S/c1-9-12(7-14(22)20(26)18(9)24)17(11-5-3-4-6-16(11)30-31(28)29)13-8-15(23)21(27)19(25)10(13)2/h3-8,26H,1-2H3,(H,28,29). The zero-order chi connectivity index (χ0) is 23.0. The summed E-state index contributed by atoms with van der Waals surface area (Å²) in [5, 5.41) is 10.3. The van der Waals surface area contributed by atoms with Gasteiger partial charge in [-0.3, -0.25) is 9.35 Å². The summed E-state index contributed by atoms with van der Waals surface area (Å²) in [6, 6.07) is 8.58. The lowest BCUT2D eigenvalue weighted by Gasteiger charge is -2.23. The van der Waals surface area contributed by atoms with Gasteiger partial charge in [-0.25, -0.2) is 0 Å². The molecule has 1 atom stereocenters. The van der Waals surface area contributed by atoms with Crippen molar-refractivity contribution in [1.29, 1.82) is 0 Å². The molecule has 162 valence electrons. The number of allylic oxidation sites excluding steroid dienone is 5. The highest BCUT2D eigenvalue weighted by molar-refractivity contribution is 9.13. The second-order valence-corrected chi connectivity index (χ2v) is 10.4. The van der Waals surface area contributed by atoms with E-state index in [4.69, 9.17) is 4.18 Å². The van der Waals surface area contributed by atoms with E-state index in [9.17, 15) is 18.7 Å². The van der Waals surface area contributed by atoms with E-state index >= 15 is 0 Å². The Morgan fingerprint density at radius 3 is 2.35 bits per heavy atom. The number of phenols is 1. The maximum atomic E-state index is 12.4. The van der Waals surface area contributed by atoms with E-state index in [1.807, 2.05) is 6.92 Å². The predicted octanol–water partition coefficient (Wildman–Crippen LogP) is 7.07. The van der Waals surface area contributed by atoms with Crippen molar-refractivity contribution in [1.82, 2.24) is 0 Å². The Hall–Kier alpha value is -1.04. The quantitative estimate of drug-likeness (QED) is 0.334. The number of aromatic hydroxyl groups is 1. The number of halogens is 4. The molecule has 0 saturated carbocycles. The molecule has 5 nitrogen and oxygen atoms in total. The molecule has 31 heavy (non-hydrogen) atoms. The summed E-state index contributed by atoms with van der Waals surface area (Å²) >= 11 is 11.0. The number of carbonyl (C=O) groups excluding carboxylic acids is 1. The maximum absolute atomic E-state index is 12.4. The van der Waals surface area contributed by atoms with Crippen LogP contribution in [0.4, 0.5) is 0 Å². The molecule has 1 unspecified atom stereocenters. The first kappa shape index (κ1) is 24.6. The normalized spacial score (nSPS) is 16.9. The molecule has 0 aliphatic heterocycles. The van der Waals surface area contributed by atoms with Crippen molar-refractivity contribution in [3.8, 4) is 11.5 Å². The lowest BCUT2D eigenvalue weighted by Crippen LogP contribution is -2.10. The molecule has 0 heterocycles. The first-order valence-corrected chi connectivity index (χ1v) is 12.8. The Labute approximate surface area is 215 Å². The average Bonchev–Trinajstić information content (AvgIpc) is 2.73. The molecular weight excluding hydrogens is 684 g/mol. The fourth-order valence-electron chi connectivity index (χ4n) is 3.18. The summed E-state index contributed by atoms with van der Waals surface area (Å²) < 4.78 is 27.7. The fraction of sp³-hybridized carbons (Fsp3) is 0.0952. The van der Waals surface area contributed by atoms with Gasteiger partial charge in [-0.1, -0.05) is 18.2 Å². The first-order valence-electron chi connectivity index (χ1n) is 8.64. The summed E-state index contributed by atoms with van der Waals surface area (Å²) in [5.74, 6) is 0.0536. The van der Waals surface area contributed by atoms with Gasteiger partial charge in [0.05, 0.1) is 17.9 Å². The lowest BCUT2D eigenvalue weighted by molar-refractivity contribution is -0.111. The number of Topliss-reactive ketones (excluding diaryl/α,β-unsaturated/α-hetero) is 1. The van der Waals surface area contributed by atoms with E-state index < -0.39 is 11.4 Å². The van der Waals surface area contributed by atoms with Crippen LogP contribution in [0.5, 0.6) is 11.5 Å². The van der Waals surface area contributed by atoms with Gasteiger partial charge < -0.3 is 9.29 Å². The number of benzene rings is 2. The van der Waals surface area contributed by atoms with Gasteiger partial charge in [0.25, 0.3) is 0 Å². The van der Waals surface area contributed by atoms with Gasteiger partial charge in [0.1, 0.15) is 11.5 Å². The van der Waals surface area contributed by atoms with Crippen LogP contribution >= 0.6 is 63.7 Å². The van der Waals surface area contributed by atoms with E-state index in [-0.39, 0.29) is 17.3 Å². The first-order chi connectivity index (χ1) is 14.5. The molecule has 1 aliphatic carbocycles. The minimum Gasteiger partial charge on any atom is -0.506 e. The summed E-state index contributed by atoms with van der Waals surface area (Å²) in [5.41, 5.74) is 4.02. The van der Waals surface area contributed by atoms with Gasteiger partial charge in [0.15, 0.2) is 0 Å². The van der Waals surface area contributed by atoms with Crippen molar-refractivity contribution < 1.29 is 22.8 Å². The Morgan fingerprint density at radius 2 is 1.71 bits per heavy atom. The van der Waals surface area contributed by atoms with Crippen molar-refractivity contribution in [2.45, 2.75) is 13.8 Å². The van der Waals surface area contributed by atoms with Crippen LogP contribution in [0, 0.1) is 6.92 Å². The third-order valence-corrected chi connectivity index (χ3v) is 8.16. The number of rotatable bonds is 4. The molecule has 3 rings (SSSR count). The molecule has 2 aromatic rings. The molecule has 2 N–H and O–H groups in total. The summed E-state index contributed by atoms with van der Waals surface area (Å²) in [6.07, 6.45) is 1.71.